The molecule has 1 aliphatic carbocycles. The maximum atomic E-state index is 10.1. The molecule has 1 nitrogen and oxygen atoms in total. The van der Waals surface area contributed by atoms with Crippen LogP contribution in [0.25, 0.3) is 0 Å². The van der Waals surface area contributed by atoms with Crippen LogP contribution in [0, 0.1) is 5.92 Å². The van der Waals surface area contributed by atoms with E-state index >= 15 is 0 Å². The van der Waals surface area contributed by atoms with Crippen LogP contribution in [0.2, 0.25) is 0 Å². The molecule has 1 heteroatoms. The van der Waals surface area contributed by atoms with Crippen molar-refractivity contribution in [1.82, 2.24) is 0 Å². The summed E-state index contributed by atoms with van der Waals surface area (Å²) in [7, 11) is 0. The van der Waals surface area contributed by atoms with E-state index in [4.69, 9.17) is 0 Å². The van der Waals surface area contributed by atoms with Crippen molar-refractivity contribution in [3.63, 3.8) is 0 Å². The summed E-state index contributed by atoms with van der Waals surface area (Å²) >= 11 is 0. The van der Waals surface area contributed by atoms with Gasteiger partial charge in [0.25, 0.3) is 0 Å². The number of aliphatic hydroxyl groups is 1. The van der Waals surface area contributed by atoms with Crippen molar-refractivity contribution in [2.45, 2.75) is 58.0 Å². The molecule has 0 aliphatic heterocycles. The smallest absolute Gasteiger partial charge is 0.0673 e. The summed E-state index contributed by atoms with van der Waals surface area (Å²) in [5.74, 6) is 0.571. The molecule has 0 heterocycles. The highest BCUT2D eigenvalue weighted by atomic mass is 16.3. The van der Waals surface area contributed by atoms with E-state index in [0.29, 0.717) is 5.92 Å². The monoisotopic (exact) mass is 156 g/mol. The van der Waals surface area contributed by atoms with Gasteiger partial charge in [-0.05, 0) is 25.2 Å². The van der Waals surface area contributed by atoms with Gasteiger partial charge in [0.15, 0.2) is 0 Å². The predicted molar refractivity (Wildman–Crippen MR) is 47.5 cm³/mol. The highest BCUT2D eigenvalue weighted by Gasteiger charge is 2.35. The Kier molecular flexibility index (Phi) is 2.94. The van der Waals surface area contributed by atoms with Gasteiger partial charge in [0.1, 0.15) is 0 Å². The van der Waals surface area contributed by atoms with E-state index in [1.54, 1.807) is 0 Å². The van der Waals surface area contributed by atoms with Gasteiger partial charge in [-0.2, -0.15) is 0 Å². The lowest BCUT2D eigenvalue weighted by Gasteiger charge is -2.39. The Labute approximate surface area is 69.8 Å². The molecule has 0 radical (unpaired) electrons. The Bertz CT molecular complexity index is 122. The zero-order valence-electron chi connectivity index (χ0n) is 7.77. The number of hydrogen-bond donors (Lipinski definition) is 1. The van der Waals surface area contributed by atoms with Crippen LogP contribution in [-0.4, -0.2) is 10.7 Å². The van der Waals surface area contributed by atoms with Crippen LogP contribution >= 0.6 is 0 Å². The van der Waals surface area contributed by atoms with Crippen LogP contribution in [0.15, 0.2) is 0 Å². The largest absolute Gasteiger partial charge is 0.390 e. The molecule has 0 aromatic heterocycles. The fourth-order valence-corrected chi connectivity index (χ4v) is 2.34. The summed E-state index contributed by atoms with van der Waals surface area (Å²) in [6, 6.07) is 0. The lowest BCUT2D eigenvalue weighted by molar-refractivity contribution is -0.0524. The van der Waals surface area contributed by atoms with Crippen molar-refractivity contribution in [3.05, 3.63) is 0 Å². The van der Waals surface area contributed by atoms with Crippen LogP contribution in [0.3, 0.4) is 0 Å². The van der Waals surface area contributed by atoms with E-state index in [1.807, 2.05) is 0 Å². The second kappa shape index (κ2) is 3.57. The molecule has 0 saturated heterocycles. The molecule has 1 aliphatic rings. The average Bonchev–Trinajstić information content (AvgIpc) is 2.05. The van der Waals surface area contributed by atoms with Gasteiger partial charge in [-0.15, -0.1) is 0 Å². The van der Waals surface area contributed by atoms with E-state index in [-0.39, 0.29) is 5.60 Å². The highest BCUT2D eigenvalue weighted by molar-refractivity contribution is 4.87. The lowest BCUT2D eigenvalue weighted by atomic mass is 9.73. The molecular formula is C10H20O. The van der Waals surface area contributed by atoms with Gasteiger partial charge in [-0.25, -0.2) is 0 Å². The molecule has 0 bridgehead atoms. The van der Waals surface area contributed by atoms with Crippen LogP contribution in [0.1, 0.15) is 52.4 Å². The first-order chi connectivity index (χ1) is 5.23. The highest BCUT2D eigenvalue weighted by Crippen LogP contribution is 2.37. The van der Waals surface area contributed by atoms with Crippen LogP contribution in [-0.2, 0) is 0 Å². The molecular weight excluding hydrogens is 136 g/mol. The number of rotatable bonds is 2. The van der Waals surface area contributed by atoms with Crippen molar-refractivity contribution in [2.75, 3.05) is 0 Å². The summed E-state index contributed by atoms with van der Waals surface area (Å²) in [6.45, 7) is 4.30. The first kappa shape index (κ1) is 9.05. The Morgan fingerprint density at radius 3 is 2.55 bits per heavy atom. The second-order valence-corrected chi connectivity index (χ2v) is 3.81. The summed E-state index contributed by atoms with van der Waals surface area (Å²) < 4.78 is 0. The Balaban J connectivity index is 2.57. The first-order valence-corrected chi connectivity index (χ1v) is 4.95. The van der Waals surface area contributed by atoms with Gasteiger partial charge >= 0.3 is 0 Å². The normalized spacial score (nSPS) is 39.0. The molecule has 1 N–H and O–H groups in total. The molecule has 1 saturated carbocycles. The summed E-state index contributed by atoms with van der Waals surface area (Å²) in [4.78, 5) is 0. The standard InChI is InChI=1S/C10H20O/c1-3-9-7-5-6-8-10(9,11)4-2/h9,11H,3-8H2,1-2H3/t9-,10+/m0/s1. The van der Waals surface area contributed by atoms with Gasteiger partial charge in [-0.1, -0.05) is 33.1 Å². The SMILES string of the molecule is CC[C@H]1CCCC[C@]1(O)CC. The van der Waals surface area contributed by atoms with E-state index in [2.05, 4.69) is 13.8 Å². The fourth-order valence-electron chi connectivity index (χ4n) is 2.34. The molecule has 0 spiro atoms. The van der Waals surface area contributed by atoms with Crippen LogP contribution in [0.4, 0.5) is 0 Å². The van der Waals surface area contributed by atoms with E-state index in [1.165, 1.54) is 19.3 Å². The molecule has 66 valence electrons. The van der Waals surface area contributed by atoms with Crippen molar-refractivity contribution in [2.24, 2.45) is 5.92 Å². The van der Waals surface area contributed by atoms with Gasteiger partial charge < -0.3 is 5.11 Å². The quantitative estimate of drug-likeness (QED) is 0.651. The van der Waals surface area contributed by atoms with Crippen LogP contribution < -0.4 is 0 Å². The predicted octanol–water partition coefficient (Wildman–Crippen LogP) is 2.73. The fraction of sp³-hybridized carbons (Fsp3) is 1.00. The van der Waals surface area contributed by atoms with Gasteiger partial charge in [0, 0.05) is 0 Å². The van der Waals surface area contributed by atoms with Crippen molar-refractivity contribution in [3.8, 4) is 0 Å². The topological polar surface area (TPSA) is 20.2 Å². The maximum Gasteiger partial charge on any atom is 0.0673 e. The third kappa shape index (κ3) is 1.76. The Morgan fingerprint density at radius 2 is 2.09 bits per heavy atom. The molecule has 1 rings (SSSR count). The minimum Gasteiger partial charge on any atom is -0.390 e. The summed E-state index contributed by atoms with van der Waals surface area (Å²) in [6.07, 6.45) is 6.89. The lowest BCUT2D eigenvalue weighted by Crippen LogP contribution is -2.39. The molecule has 0 unspecified atom stereocenters. The average molecular weight is 156 g/mol. The molecule has 2 atom stereocenters. The zero-order valence-corrected chi connectivity index (χ0v) is 7.77. The third-order valence-electron chi connectivity index (χ3n) is 3.28. The maximum absolute atomic E-state index is 10.1. The number of hydrogen-bond acceptors (Lipinski definition) is 1. The molecule has 0 aromatic carbocycles. The van der Waals surface area contributed by atoms with E-state index in [9.17, 15) is 5.11 Å². The van der Waals surface area contributed by atoms with Crippen LogP contribution in [0.5, 0.6) is 0 Å². The minimum absolute atomic E-state index is 0.312. The van der Waals surface area contributed by atoms with Gasteiger partial charge in [-0.3, -0.25) is 0 Å². The second-order valence-electron chi connectivity index (χ2n) is 3.81. The molecule has 1 fully saturated rings. The summed E-state index contributed by atoms with van der Waals surface area (Å²) in [5.41, 5.74) is -0.312. The van der Waals surface area contributed by atoms with E-state index in [0.717, 1.165) is 19.3 Å². The van der Waals surface area contributed by atoms with Crippen molar-refractivity contribution >= 4 is 0 Å². The Hall–Kier alpha value is -0.0400. The van der Waals surface area contributed by atoms with Crippen molar-refractivity contribution in [1.29, 1.82) is 0 Å². The van der Waals surface area contributed by atoms with Gasteiger partial charge in [0.05, 0.1) is 5.60 Å². The molecule has 0 aromatic rings. The molecule has 11 heavy (non-hydrogen) atoms. The van der Waals surface area contributed by atoms with Crippen molar-refractivity contribution < 1.29 is 5.11 Å². The minimum atomic E-state index is -0.312. The third-order valence-corrected chi connectivity index (χ3v) is 3.28. The van der Waals surface area contributed by atoms with Gasteiger partial charge in [0.2, 0.25) is 0 Å². The Morgan fingerprint density at radius 1 is 1.36 bits per heavy atom. The molecule has 0 amide bonds. The zero-order chi connectivity index (χ0) is 8.32. The van der Waals surface area contributed by atoms with E-state index < -0.39 is 0 Å². The summed E-state index contributed by atoms with van der Waals surface area (Å²) in [5, 5.41) is 10.1. The first-order valence-electron chi connectivity index (χ1n) is 4.95.